The lowest BCUT2D eigenvalue weighted by Gasteiger charge is -2.18. The summed E-state index contributed by atoms with van der Waals surface area (Å²) in [5.41, 5.74) is 2.09. The van der Waals surface area contributed by atoms with Gasteiger partial charge in [-0.1, -0.05) is 32.0 Å². The van der Waals surface area contributed by atoms with Crippen molar-refractivity contribution >= 4 is 17.6 Å². The fraction of sp³-hybridized carbons (Fsp3) is 0.467. The maximum Gasteiger partial charge on any atom is 0.326 e. The van der Waals surface area contributed by atoms with Gasteiger partial charge >= 0.3 is 5.97 Å². The predicted octanol–water partition coefficient (Wildman–Crippen LogP) is 2.02. The minimum Gasteiger partial charge on any atom is -0.480 e. The lowest BCUT2D eigenvalue weighted by Crippen LogP contribution is -2.44. The molecule has 0 aromatic heterocycles. The Morgan fingerprint density at radius 1 is 1.25 bits per heavy atom. The van der Waals surface area contributed by atoms with E-state index < -0.39 is 12.0 Å². The second kappa shape index (κ2) is 7.53. The molecule has 1 aromatic rings. The summed E-state index contributed by atoms with van der Waals surface area (Å²) in [7, 11) is 0. The minimum atomic E-state index is -1.000. The van der Waals surface area contributed by atoms with Gasteiger partial charge in [0.05, 0.1) is 0 Å². The highest BCUT2D eigenvalue weighted by Crippen LogP contribution is 2.12. The molecule has 3 N–H and O–H groups in total. The molecule has 0 aliphatic heterocycles. The van der Waals surface area contributed by atoms with Crippen LogP contribution in [0.1, 0.15) is 25.8 Å². The molecule has 1 aromatic carbocycles. The second-order valence-corrected chi connectivity index (χ2v) is 5.12. The third kappa shape index (κ3) is 4.91. The number of carboxylic acid groups (broad SMARTS) is 1. The van der Waals surface area contributed by atoms with Crippen LogP contribution in [0.2, 0.25) is 0 Å². The highest BCUT2D eigenvalue weighted by atomic mass is 16.4. The molecule has 0 radical (unpaired) electrons. The third-order valence-electron chi connectivity index (χ3n) is 3.06. The summed E-state index contributed by atoms with van der Waals surface area (Å²) < 4.78 is 0. The van der Waals surface area contributed by atoms with Gasteiger partial charge in [-0.3, -0.25) is 4.79 Å². The number of rotatable bonds is 7. The Balaban J connectivity index is 2.40. The molecule has 0 heterocycles. The number of carbonyl (C=O) groups excluding carboxylic acids is 1. The minimum absolute atomic E-state index is 0.138. The molecule has 1 rings (SSSR count). The molecule has 20 heavy (non-hydrogen) atoms. The van der Waals surface area contributed by atoms with Gasteiger partial charge in [0.25, 0.3) is 0 Å². The van der Waals surface area contributed by atoms with Crippen molar-refractivity contribution in [3.05, 3.63) is 29.8 Å². The average molecular weight is 278 g/mol. The van der Waals surface area contributed by atoms with E-state index in [4.69, 9.17) is 5.11 Å². The highest BCUT2D eigenvalue weighted by Gasteiger charge is 2.22. The summed E-state index contributed by atoms with van der Waals surface area (Å²) in [6, 6.07) is 6.98. The Bertz CT molecular complexity index is 472. The third-order valence-corrected chi connectivity index (χ3v) is 3.06. The van der Waals surface area contributed by atoms with E-state index in [0.29, 0.717) is 6.54 Å². The number of amides is 1. The standard InChI is InChI=1S/C15H22N2O3/c1-10(2)14(15(19)20)17-13(18)8-9-16-12-7-5-4-6-11(12)3/h4-7,10,14,16H,8-9H2,1-3H3,(H,17,18)(H,19,20)/t14-/m0/s1. The lowest BCUT2D eigenvalue weighted by atomic mass is 10.0. The Kier molecular flexibility index (Phi) is 6.03. The van der Waals surface area contributed by atoms with E-state index in [1.54, 1.807) is 13.8 Å². The summed E-state index contributed by atoms with van der Waals surface area (Å²) in [4.78, 5) is 22.7. The molecule has 0 fully saturated rings. The SMILES string of the molecule is Cc1ccccc1NCCC(=O)N[C@H](C(=O)O)C(C)C. The van der Waals surface area contributed by atoms with Crippen LogP contribution in [0.5, 0.6) is 0 Å². The molecule has 1 atom stereocenters. The molecule has 110 valence electrons. The van der Waals surface area contributed by atoms with Crippen molar-refractivity contribution in [2.75, 3.05) is 11.9 Å². The molecular weight excluding hydrogens is 256 g/mol. The zero-order valence-electron chi connectivity index (χ0n) is 12.1. The molecule has 0 bridgehead atoms. The number of hydrogen-bond donors (Lipinski definition) is 3. The van der Waals surface area contributed by atoms with E-state index in [2.05, 4.69) is 10.6 Å². The van der Waals surface area contributed by atoms with Crippen molar-refractivity contribution in [1.82, 2.24) is 5.32 Å². The van der Waals surface area contributed by atoms with E-state index in [1.165, 1.54) is 0 Å². The molecule has 0 unspecified atom stereocenters. The van der Waals surface area contributed by atoms with Crippen LogP contribution < -0.4 is 10.6 Å². The summed E-state index contributed by atoms with van der Waals surface area (Å²) in [5, 5.41) is 14.7. The molecule has 0 saturated heterocycles. The monoisotopic (exact) mass is 278 g/mol. The fourth-order valence-electron chi connectivity index (χ4n) is 1.84. The van der Waals surface area contributed by atoms with Gasteiger partial charge in [0.2, 0.25) is 5.91 Å². The topological polar surface area (TPSA) is 78.4 Å². The first-order valence-corrected chi connectivity index (χ1v) is 6.73. The van der Waals surface area contributed by atoms with Crippen molar-refractivity contribution < 1.29 is 14.7 Å². The molecule has 1 amide bonds. The number of para-hydroxylation sites is 1. The van der Waals surface area contributed by atoms with E-state index in [-0.39, 0.29) is 18.2 Å². The summed E-state index contributed by atoms with van der Waals surface area (Å²) in [6.07, 6.45) is 0.241. The summed E-state index contributed by atoms with van der Waals surface area (Å²) in [6.45, 7) is 6.00. The van der Waals surface area contributed by atoms with Crippen LogP contribution in [0.3, 0.4) is 0 Å². The Labute approximate surface area is 119 Å². The molecule has 5 heteroatoms. The quantitative estimate of drug-likeness (QED) is 0.713. The first kappa shape index (κ1) is 16.0. The number of hydrogen-bond acceptors (Lipinski definition) is 3. The molecule has 0 aliphatic rings. The van der Waals surface area contributed by atoms with Crippen LogP contribution in [0.15, 0.2) is 24.3 Å². The summed E-state index contributed by atoms with van der Waals surface area (Å²) >= 11 is 0. The number of aryl methyl sites for hydroxylation is 1. The summed E-state index contributed by atoms with van der Waals surface area (Å²) in [5.74, 6) is -1.40. The first-order chi connectivity index (χ1) is 9.41. The van der Waals surface area contributed by atoms with Gasteiger partial charge in [0.1, 0.15) is 6.04 Å². The van der Waals surface area contributed by atoms with Crippen molar-refractivity contribution in [2.24, 2.45) is 5.92 Å². The van der Waals surface area contributed by atoms with Crippen LogP contribution in [-0.2, 0) is 9.59 Å². The number of benzene rings is 1. The lowest BCUT2D eigenvalue weighted by molar-refractivity contribution is -0.143. The fourth-order valence-corrected chi connectivity index (χ4v) is 1.84. The number of anilines is 1. The zero-order chi connectivity index (χ0) is 15.1. The van der Waals surface area contributed by atoms with E-state index in [1.807, 2.05) is 31.2 Å². The largest absolute Gasteiger partial charge is 0.480 e. The van der Waals surface area contributed by atoms with Crippen LogP contribution in [0.4, 0.5) is 5.69 Å². The van der Waals surface area contributed by atoms with Crippen LogP contribution >= 0.6 is 0 Å². The van der Waals surface area contributed by atoms with Gasteiger partial charge in [-0.15, -0.1) is 0 Å². The zero-order valence-corrected chi connectivity index (χ0v) is 12.1. The number of nitrogens with one attached hydrogen (secondary N) is 2. The highest BCUT2D eigenvalue weighted by molar-refractivity contribution is 5.83. The van der Waals surface area contributed by atoms with Crippen LogP contribution in [0, 0.1) is 12.8 Å². The van der Waals surface area contributed by atoms with E-state index in [0.717, 1.165) is 11.3 Å². The number of carboxylic acids is 1. The second-order valence-electron chi connectivity index (χ2n) is 5.12. The van der Waals surface area contributed by atoms with Crippen molar-refractivity contribution in [3.8, 4) is 0 Å². The number of carbonyl (C=O) groups is 2. The molecule has 0 spiro atoms. The normalized spacial score (nSPS) is 12.0. The van der Waals surface area contributed by atoms with Crippen molar-refractivity contribution in [1.29, 1.82) is 0 Å². The maximum atomic E-state index is 11.7. The Morgan fingerprint density at radius 3 is 2.45 bits per heavy atom. The van der Waals surface area contributed by atoms with Gasteiger partial charge in [-0.25, -0.2) is 4.79 Å². The van der Waals surface area contributed by atoms with Gasteiger partial charge in [0.15, 0.2) is 0 Å². The van der Waals surface area contributed by atoms with Gasteiger partial charge < -0.3 is 15.7 Å². The number of aliphatic carboxylic acids is 1. The van der Waals surface area contributed by atoms with E-state index >= 15 is 0 Å². The van der Waals surface area contributed by atoms with Gasteiger partial charge in [-0.05, 0) is 24.5 Å². The van der Waals surface area contributed by atoms with Gasteiger partial charge in [-0.2, -0.15) is 0 Å². The Hall–Kier alpha value is -2.04. The van der Waals surface area contributed by atoms with Crippen molar-refractivity contribution in [3.63, 3.8) is 0 Å². The predicted molar refractivity (Wildman–Crippen MR) is 78.7 cm³/mol. The molecule has 0 saturated carbocycles. The maximum absolute atomic E-state index is 11.7. The van der Waals surface area contributed by atoms with Crippen LogP contribution in [-0.4, -0.2) is 29.6 Å². The first-order valence-electron chi connectivity index (χ1n) is 6.73. The Morgan fingerprint density at radius 2 is 1.90 bits per heavy atom. The van der Waals surface area contributed by atoms with Crippen molar-refractivity contribution in [2.45, 2.75) is 33.2 Å². The average Bonchev–Trinajstić information content (AvgIpc) is 2.37. The van der Waals surface area contributed by atoms with Crippen LogP contribution in [0.25, 0.3) is 0 Å². The smallest absolute Gasteiger partial charge is 0.326 e. The van der Waals surface area contributed by atoms with E-state index in [9.17, 15) is 9.59 Å². The molecule has 0 aliphatic carbocycles. The molecular formula is C15H22N2O3. The molecule has 5 nitrogen and oxygen atoms in total. The van der Waals surface area contributed by atoms with Gasteiger partial charge in [0, 0.05) is 18.7 Å².